The number of rotatable bonds is 11. The molecule has 0 radical (unpaired) electrons. The summed E-state index contributed by atoms with van der Waals surface area (Å²) < 4.78 is 27.4. The van der Waals surface area contributed by atoms with E-state index >= 15 is 0 Å². The number of anilines is 1. The van der Waals surface area contributed by atoms with E-state index in [0.717, 1.165) is 11.8 Å². The molecule has 0 spiro atoms. The molecule has 2 aromatic heterocycles. The van der Waals surface area contributed by atoms with Crippen LogP contribution in [0.1, 0.15) is 27.7 Å². The lowest BCUT2D eigenvalue weighted by Crippen LogP contribution is -2.45. The Kier molecular flexibility index (Phi) is 8.12. The van der Waals surface area contributed by atoms with Crippen LogP contribution in [0, 0.1) is 0 Å². The first kappa shape index (κ1) is 25.2. The molecule has 178 valence electrons. The first-order chi connectivity index (χ1) is 15.6. The van der Waals surface area contributed by atoms with Crippen molar-refractivity contribution < 1.29 is 18.6 Å². The summed E-state index contributed by atoms with van der Waals surface area (Å²) in [4.78, 5) is 25.0. The van der Waals surface area contributed by atoms with Gasteiger partial charge in [-0.15, -0.1) is 0 Å². The van der Waals surface area contributed by atoms with E-state index < -0.39 is 13.1 Å². The van der Waals surface area contributed by atoms with Crippen molar-refractivity contribution in [1.82, 2.24) is 24.6 Å². The molecule has 0 bridgehead atoms. The monoisotopic (exact) mass is 492 g/mol. The molecule has 1 aromatic carbocycles. The van der Waals surface area contributed by atoms with E-state index in [0.29, 0.717) is 35.0 Å². The van der Waals surface area contributed by atoms with Gasteiger partial charge in [-0.1, -0.05) is 36.9 Å². The first-order valence-electron chi connectivity index (χ1n) is 10.5. The number of carbonyl (C=O) groups is 1. The van der Waals surface area contributed by atoms with Gasteiger partial charge in [0.15, 0.2) is 11.5 Å². The predicted molar refractivity (Wildman–Crippen MR) is 130 cm³/mol. The fraction of sp³-hybridized carbons (Fsp3) is 0.429. The SMILES string of the molecule is CCSC(=O)C(C)(C)NP(=O)(CO[C@H](C)Cn1cnc2c(N)ncnc21)Oc1ccccc1. The molecule has 2 heterocycles. The van der Waals surface area contributed by atoms with Crippen LogP contribution in [0.3, 0.4) is 0 Å². The lowest BCUT2D eigenvalue weighted by atomic mass is 10.1. The van der Waals surface area contributed by atoms with E-state index in [9.17, 15) is 9.36 Å². The lowest BCUT2D eigenvalue weighted by Gasteiger charge is -2.30. The molecule has 0 aliphatic rings. The van der Waals surface area contributed by atoms with Crippen LogP contribution in [0.2, 0.25) is 0 Å². The minimum absolute atomic E-state index is 0.128. The van der Waals surface area contributed by atoms with Gasteiger partial charge in [0.2, 0.25) is 5.12 Å². The number of nitrogens with two attached hydrogens (primary N) is 1. The van der Waals surface area contributed by atoms with Gasteiger partial charge in [-0.05, 0) is 38.7 Å². The van der Waals surface area contributed by atoms with E-state index in [4.69, 9.17) is 15.0 Å². The maximum absolute atomic E-state index is 13.8. The summed E-state index contributed by atoms with van der Waals surface area (Å²) in [5.41, 5.74) is 5.87. The molecule has 0 aliphatic carbocycles. The van der Waals surface area contributed by atoms with E-state index in [1.165, 1.54) is 6.33 Å². The van der Waals surface area contributed by atoms with Gasteiger partial charge in [-0.2, -0.15) is 0 Å². The largest absolute Gasteiger partial charge is 0.431 e. The first-order valence-corrected chi connectivity index (χ1v) is 13.3. The van der Waals surface area contributed by atoms with E-state index in [2.05, 4.69) is 20.0 Å². The number of fused-ring (bicyclic) bond motifs is 1. The number of imidazole rings is 1. The lowest BCUT2D eigenvalue weighted by molar-refractivity contribution is -0.115. The van der Waals surface area contributed by atoms with Gasteiger partial charge < -0.3 is 19.6 Å². The summed E-state index contributed by atoms with van der Waals surface area (Å²) in [6, 6.07) is 8.80. The van der Waals surface area contributed by atoms with Crippen LogP contribution in [0.4, 0.5) is 5.82 Å². The average Bonchev–Trinajstić information content (AvgIpc) is 3.17. The maximum Gasteiger partial charge on any atom is 0.342 e. The number of para-hydroxylation sites is 1. The number of aromatic nitrogens is 4. The highest BCUT2D eigenvalue weighted by molar-refractivity contribution is 8.13. The highest BCUT2D eigenvalue weighted by atomic mass is 32.2. The second-order valence-electron chi connectivity index (χ2n) is 7.97. The molecule has 3 rings (SSSR count). The highest BCUT2D eigenvalue weighted by Gasteiger charge is 2.38. The van der Waals surface area contributed by atoms with Crippen molar-refractivity contribution in [1.29, 1.82) is 0 Å². The van der Waals surface area contributed by atoms with Gasteiger partial charge in [-0.3, -0.25) is 9.36 Å². The molecule has 10 nitrogen and oxygen atoms in total. The molecule has 12 heteroatoms. The fourth-order valence-corrected chi connectivity index (χ4v) is 5.88. The van der Waals surface area contributed by atoms with Crippen molar-refractivity contribution in [2.24, 2.45) is 0 Å². The number of nitrogen functional groups attached to an aromatic ring is 1. The Hall–Kier alpha value is -2.46. The topological polar surface area (TPSA) is 134 Å². The second-order valence-corrected chi connectivity index (χ2v) is 11.2. The fourth-order valence-electron chi connectivity index (χ4n) is 3.10. The second kappa shape index (κ2) is 10.6. The Morgan fingerprint density at radius 2 is 2.00 bits per heavy atom. The van der Waals surface area contributed by atoms with Crippen LogP contribution in [0.25, 0.3) is 11.2 Å². The quantitative estimate of drug-likeness (QED) is 0.382. The Labute approximate surface area is 197 Å². The number of nitrogens with one attached hydrogen (secondary N) is 1. The molecule has 3 aromatic rings. The molecular weight excluding hydrogens is 463 g/mol. The van der Waals surface area contributed by atoms with Gasteiger partial charge in [0.05, 0.1) is 24.5 Å². The Morgan fingerprint density at radius 3 is 2.70 bits per heavy atom. The molecule has 0 fully saturated rings. The van der Waals surface area contributed by atoms with Gasteiger partial charge in [-0.25, -0.2) is 20.0 Å². The summed E-state index contributed by atoms with van der Waals surface area (Å²) in [5, 5.41) is 2.81. The van der Waals surface area contributed by atoms with Crippen molar-refractivity contribution in [2.75, 3.05) is 17.8 Å². The molecule has 2 atom stereocenters. The third-order valence-corrected chi connectivity index (χ3v) is 7.60. The minimum Gasteiger partial charge on any atom is -0.431 e. The normalized spacial score (nSPS) is 14.7. The molecule has 0 saturated heterocycles. The third-order valence-electron chi connectivity index (χ3n) is 4.64. The third kappa shape index (κ3) is 6.54. The standard InChI is InChI=1S/C21H29N6O4PS/c1-5-33-20(28)21(3,4)26-32(29,31-16-9-7-6-8-10-16)14-30-15(2)11-27-13-25-17-18(22)23-12-24-19(17)27/h6-10,12-13,15H,5,11,14H2,1-4H3,(H,26,29)(H2,22,23,24)/t15-,32?/m1/s1. The van der Waals surface area contributed by atoms with Crippen molar-refractivity contribution in [2.45, 2.75) is 45.9 Å². The number of ether oxygens (including phenoxy) is 1. The number of thioether (sulfide) groups is 1. The highest BCUT2D eigenvalue weighted by Crippen LogP contribution is 2.46. The van der Waals surface area contributed by atoms with Crippen LogP contribution in [0.5, 0.6) is 5.75 Å². The van der Waals surface area contributed by atoms with Crippen LogP contribution in [-0.4, -0.2) is 48.4 Å². The van der Waals surface area contributed by atoms with Gasteiger partial charge in [0, 0.05) is 0 Å². The zero-order valence-corrected chi connectivity index (χ0v) is 20.8. The zero-order chi connectivity index (χ0) is 24.1. The summed E-state index contributed by atoms with van der Waals surface area (Å²) >= 11 is 1.16. The Balaban J connectivity index is 1.74. The van der Waals surface area contributed by atoms with Gasteiger partial charge in [0.1, 0.15) is 23.9 Å². The average molecular weight is 493 g/mol. The van der Waals surface area contributed by atoms with Crippen LogP contribution >= 0.6 is 19.3 Å². The molecule has 0 saturated carbocycles. The molecule has 0 aliphatic heterocycles. The minimum atomic E-state index is -3.62. The number of hydrogen-bond acceptors (Lipinski definition) is 9. The van der Waals surface area contributed by atoms with Crippen molar-refractivity contribution in [3.05, 3.63) is 43.0 Å². The number of benzene rings is 1. The summed E-state index contributed by atoms with van der Waals surface area (Å²) in [6.07, 6.45) is 2.38. The zero-order valence-electron chi connectivity index (χ0n) is 19.1. The predicted octanol–water partition coefficient (Wildman–Crippen LogP) is 3.69. The Bertz CT molecular complexity index is 1140. The molecule has 33 heavy (non-hydrogen) atoms. The molecule has 3 N–H and O–H groups in total. The van der Waals surface area contributed by atoms with E-state index in [1.54, 1.807) is 49.0 Å². The van der Waals surface area contributed by atoms with Crippen LogP contribution < -0.4 is 15.3 Å². The number of carbonyl (C=O) groups excluding carboxylic acids is 1. The number of hydrogen-bond donors (Lipinski definition) is 2. The summed E-state index contributed by atoms with van der Waals surface area (Å²) in [6.45, 7) is 7.49. The molecule has 0 amide bonds. The number of nitrogens with zero attached hydrogens (tertiary/aromatic N) is 4. The molecular formula is C21H29N6O4PS. The van der Waals surface area contributed by atoms with Crippen LogP contribution in [-0.2, 0) is 20.6 Å². The molecule has 1 unspecified atom stereocenters. The van der Waals surface area contributed by atoms with Gasteiger partial charge >= 0.3 is 7.52 Å². The maximum atomic E-state index is 13.8. The van der Waals surface area contributed by atoms with Crippen LogP contribution in [0.15, 0.2) is 43.0 Å². The van der Waals surface area contributed by atoms with Gasteiger partial charge in [0.25, 0.3) is 0 Å². The Morgan fingerprint density at radius 1 is 1.27 bits per heavy atom. The van der Waals surface area contributed by atoms with E-state index in [-0.39, 0.29) is 17.6 Å². The van der Waals surface area contributed by atoms with E-state index in [1.807, 2.05) is 19.9 Å². The van der Waals surface area contributed by atoms with Crippen molar-refractivity contribution in [3.8, 4) is 5.75 Å². The summed E-state index contributed by atoms with van der Waals surface area (Å²) in [7, 11) is -3.62. The summed E-state index contributed by atoms with van der Waals surface area (Å²) in [5.74, 6) is 1.34. The van der Waals surface area contributed by atoms with Crippen molar-refractivity contribution in [3.63, 3.8) is 0 Å². The van der Waals surface area contributed by atoms with Crippen molar-refractivity contribution >= 4 is 41.4 Å². The smallest absolute Gasteiger partial charge is 0.342 e.